The quantitative estimate of drug-likeness (QED) is 0.434. The van der Waals surface area contributed by atoms with E-state index < -0.39 is 5.97 Å². The summed E-state index contributed by atoms with van der Waals surface area (Å²) in [5.74, 6) is -0.0468. The third kappa shape index (κ3) is 7.30. The zero-order chi connectivity index (χ0) is 14.1. The molecule has 0 aliphatic heterocycles. The molecule has 20 heavy (non-hydrogen) atoms. The number of nitrogens with zero attached hydrogens (tertiary/aromatic N) is 1. The van der Waals surface area contributed by atoms with Gasteiger partial charge in [0.2, 0.25) is 0 Å². The Morgan fingerprint density at radius 1 is 1.15 bits per heavy atom. The van der Waals surface area contributed by atoms with E-state index in [2.05, 4.69) is 4.90 Å². The van der Waals surface area contributed by atoms with E-state index in [4.69, 9.17) is 23.2 Å². The van der Waals surface area contributed by atoms with Crippen LogP contribution in [0.2, 0.25) is 0 Å². The Balaban J connectivity index is 0.00000361. The molecule has 1 atom stereocenters. The van der Waals surface area contributed by atoms with Crippen molar-refractivity contribution in [2.75, 3.05) is 24.8 Å². The van der Waals surface area contributed by atoms with Gasteiger partial charge in [-0.2, -0.15) is 0 Å². The molecule has 1 aromatic rings. The van der Waals surface area contributed by atoms with E-state index in [1.165, 1.54) is 0 Å². The third-order valence-electron chi connectivity index (χ3n) is 2.99. The fraction of sp³-hybridized carbons (Fsp3) is 0.500. The Morgan fingerprint density at radius 2 is 1.70 bits per heavy atom. The van der Waals surface area contributed by atoms with Crippen molar-refractivity contribution >= 4 is 29.2 Å². The maximum absolute atomic E-state index is 10.7. The van der Waals surface area contributed by atoms with Crippen molar-refractivity contribution in [2.45, 2.75) is 18.9 Å². The van der Waals surface area contributed by atoms with Crippen LogP contribution in [-0.4, -0.2) is 35.7 Å². The largest absolute Gasteiger partial charge is 1.00 e. The van der Waals surface area contributed by atoms with Crippen LogP contribution in [0.25, 0.3) is 0 Å². The average molecular weight is 326 g/mol. The molecule has 0 aliphatic carbocycles. The van der Waals surface area contributed by atoms with Crippen LogP contribution in [0, 0.1) is 0 Å². The summed E-state index contributed by atoms with van der Waals surface area (Å²) in [5, 5.41) is 10.7. The van der Waals surface area contributed by atoms with Crippen LogP contribution in [-0.2, 0) is 4.79 Å². The van der Waals surface area contributed by atoms with Crippen LogP contribution in [0.1, 0.15) is 24.4 Å². The molecule has 3 nitrogen and oxygen atoms in total. The van der Waals surface area contributed by atoms with Crippen LogP contribution < -0.4 is 34.7 Å². The van der Waals surface area contributed by atoms with Crippen molar-refractivity contribution in [1.29, 1.82) is 0 Å². The van der Waals surface area contributed by atoms with Gasteiger partial charge in [0.25, 0.3) is 0 Å². The number of carboxylic acid groups (broad SMARTS) is 1. The molecule has 0 bridgehead atoms. The number of carbonyl (C=O) groups excluding carboxylic acids is 1. The van der Waals surface area contributed by atoms with Gasteiger partial charge in [-0.3, -0.25) is 4.90 Å². The predicted octanol–water partition coefficient (Wildman–Crippen LogP) is -0.959. The SMILES string of the molecule is O=C([O-])CCC(c1ccccc1)N(CCCl)CCCl.[Na+]. The number of hydrogen-bond donors (Lipinski definition) is 0. The van der Waals surface area contributed by atoms with Gasteiger partial charge in [-0.05, 0) is 18.4 Å². The normalized spacial score (nSPS) is 11.9. The van der Waals surface area contributed by atoms with Gasteiger partial charge >= 0.3 is 29.6 Å². The second-order valence-electron chi connectivity index (χ2n) is 4.25. The van der Waals surface area contributed by atoms with E-state index in [0.29, 0.717) is 31.3 Å². The molecule has 6 heteroatoms. The summed E-state index contributed by atoms with van der Waals surface area (Å²) in [6.45, 7) is 1.36. The second-order valence-corrected chi connectivity index (χ2v) is 5.01. The first-order valence-electron chi connectivity index (χ1n) is 6.29. The summed E-state index contributed by atoms with van der Waals surface area (Å²) in [5.41, 5.74) is 1.08. The summed E-state index contributed by atoms with van der Waals surface area (Å²) in [6, 6.07) is 9.83. The van der Waals surface area contributed by atoms with Gasteiger partial charge < -0.3 is 9.90 Å². The van der Waals surface area contributed by atoms with Gasteiger partial charge in [0.05, 0.1) is 0 Å². The van der Waals surface area contributed by atoms with Gasteiger partial charge in [-0.25, -0.2) is 0 Å². The van der Waals surface area contributed by atoms with Crippen LogP contribution in [0.15, 0.2) is 30.3 Å². The molecule has 0 N–H and O–H groups in total. The van der Waals surface area contributed by atoms with E-state index in [1.807, 2.05) is 30.3 Å². The molecule has 1 aromatic carbocycles. The fourth-order valence-electron chi connectivity index (χ4n) is 2.13. The van der Waals surface area contributed by atoms with Crippen LogP contribution >= 0.6 is 23.2 Å². The van der Waals surface area contributed by atoms with Crippen molar-refractivity contribution in [2.24, 2.45) is 0 Å². The minimum Gasteiger partial charge on any atom is -0.550 e. The van der Waals surface area contributed by atoms with E-state index in [1.54, 1.807) is 0 Å². The molecule has 0 saturated heterocycles. The Labute approximate surface area is 152 Å². The Bertz CT molecular complexity index is 373. The van der Waals surface area contributed by atoms with E-state index in [-0.39, 0.29) is 42.0 Å². The summed E-state index contributed by atoms with van der Waals surface area (Å²) in [4.78, 5) is 12.8. The Hall–Kier alpha value is 0.230. The molecule has 1 unspecified atom stereocenters. The number of alkyl halides is 2. The first kappa shape index (κ1) is 20.2. The predicted molar refractivity (Wildman–Crippen MR) is 76.4 cm³/mol. The van der Waals surface area contributed by atoms with Crippen molar-refractivity contribution in [3.05, 3.63) is 35.9 Å². The summed E-state index contributed by atoms with van der Waals surface area (Å²) >= 11 is 11.6. The minimum absolute atomic E-state index is 0. The number of rotatable bonds is 9. The minimum atomic E-state index is -1.03. The fourth-order valence-corrected chi connectivity index (χ4v) is 2.56. The van der Waals surface area contributed by atoms with E-state index in [0.717, 1.165) is 5.56 Å². The van der Waals surface area contributed by atoms with E-state index >= 15 is 0 Å². The smallest absolute Gasteiger partial charge is 0.550 e. The molecule has 0 fully saturated rings. The Kier molecular flexibility index (Phi) is 12.0. The van der Waals surface area contributed by atoms with Gasteiger partial charge in [-0.1, -0.05) is 30.3 Å². The van der Waals surface area contributed by atoms with E-state index in [9.17, 15) is 9.90 Å². The molecule has 1 rings (SSSR count). The number of carbonyl (C=O) groups is 1. The van der Waals surface area contributed by atoms with Gasteiger partial charge in [-0.15, -0.1) is 23.2 Å². The van der Waals surface area contributed by atoms with Gasteiger partial charge in [0.15, 0.2) is 0 Å². The zero-order valence-corrected chi connectivity index (χ0v) is 15.2. The number of aliphatic carboxylic acids is 1. The maximum Gasteiger partial charge on any atom is 1.00 e. The number of halogens is 2. The number of hydrogen-bond acceptors (Lipinski definition) is 3. The topological polar surface area (TPSA) is 43.4 Å². The zero-order valence-electron chi connectivity index (χ0n) is 11.7. The Morgan fingerprint density at radius 3 is 2.15 bits per heavy atom. The molecule has 0 spiro atoms. The van der Waals surface area contributed by atoms with Gasteiger partial charge in [0, 0.05) is 36.9 Å². The van der Waals surface area contributed by atoms with Gasteiger partial charge in [0.1, 0.15) is 0 Å². The van der Waals surface area contributed by atoms with Crippen LogP contribution in [0.4, 0.5) is 0 Å². The van der Waals surface area contributed by atoms with Crippen molar-refractivity contribution in [3.63, 3.8) is 0 Å². The molecular formula is C14H18Cl2NNaO2. The molecule has 106 valence electrons. The molecule has 0 amide bonds. The van der Waals surface area contributed by atoms with Crippen LogP contribution in [0.5, 0.6) is 0 Å². The molecule has 0 saturated carbocycles. The summed E-state index contributed by atoms with van der Waals surface area (Å²) in [6.07, 6.45) is 0.529. The van der Waals surface area contributed by atoms with Crippen molar-refractivity contribution in [1.82, 2.24) is 4.90 Å². The first-order chi connectivity index (χ1) is 9.19. The van der Waals surface area contributed by atoms with Crippen molar-refractivity contribution < 1.29 is 39.5 Å². The average Bonchev–Trinajstić information content (AvgIpc) is 2.40. The molecular weight excluding hydrogens is 308 g/mol. The number of carboxylic acids is 1. The molecule has 0 aliphatic rings. The third-order valence-corrected chi connectivity index (χ3v) is 3.33. The second kappa shape index (κ2) is 11.8. The molecule has 0 aromatic heterocycles. The summed E-state index contributed by atoms with van der Waals surface area (Å²) < 4.78 is 0. The number of benzene rings is 1. The monoisotopic (exact) mass is 325 g/mol. The maximum atomic E-state index is 10.7. The first-order valence-corrected chi connectivity index (χ1v) is 7.36. The standard InChI is InChI=1S/C14H19Cl2NO2.Na/c15-8-10-17(11-9-16)13(6-7-14(18)19)12-4-2-1-3-5-12;/h1-5,13H,6-11H2,(H,18,19);/q;+1/p-1. The van der Waals surface area contributed by atoms with Crippen LogP contribution in [0.3, 0.4) is 0 Å². The molecule has 0 heterocycles. The molecule has 0 radical (unpaired) electrons. The van der Waals surface area contributed by atoms with Crippen molar-refractivity contribution in [3.8, 4) is 0 Å². The summed E-state index contributed by atoms with van der Waals surface area (Å²) in [7, 11) is 0.